The number of ether oxygens (including phenoxy) is 1. The highest BCUT2D eigenvalue weighted by atomic mass is 16.6. The van der Waals surface area contributed by atoms with E-state index in [4.69, 9.17) is 10.5 Å². The monoisotopic (exact) mass is 236 g/mol. The second-order valence-electron chi connectivity index (χ2n) is 3.23. The van der Waals surface area contributed by atoms with Crippen LogP contribution in [0.15, 0.2) is 30.9 Å². The van der Waals surface area contributed by atoms with Crippen molar-refractivity contribution in [2.75, 3.05) is 6.61 Å². The van der Waals surface area contributed by atoms with E-state index in [-0.39, 0.29) is 23.6 Å². The normalized spacial score (nSPS) is 9.65. The van der Waals surface area contributed by atoms with Gasteiger partial charge in [0, 0.05) is 6.07 Å². The predicted molar refractivity (Wildman–Crippen MR) is 61.9 cm³/mol. The lowest BCUT2D eigenvalue weighted by Gasteiger charge is -2.08. The molecule has 1 amide bonds. The van der Waals surface area contributed by atoms with Crippen molar-refractivity contribution in [2.45, 2.75) is 6.42 Å². The molecule has 0 spiro atoms. The Hall–Kier alpha value is -2.37. The minimum atomic E-state index is -0.687. The van der Waals surface area contributed by atoms with E-state index in [2.05, 4.69) is 6.58 Å². The van der Waals surface area contributed by atoms with Crippen LogP contribution in [0, 0.1) is 10.1 Å². The Morgan fingerprint density at radius 3 is 2.82 bits per heavy atom. The van der Waals surface area contributed by atoms with Gasteiger partial charge in [-0.25, -0.2) is 0 Å². The Morgan fingerprint density at radius 2 is 2.29 bits per heavy atom. The third kappa shape index (κ3) is 3.30. The predicted octanol–water partition coefficient (Wildman–Crippen LogP) is 1.65. The number of hydrogen-bond donors (Lipinski definition) is 1. The first-order valence-corrected chi connectivity index (χ1v) is 4.88. The molecule has 0 atom stereocenters. The lowest BCUT2D eigenvalue weighted by molar-refractivity contribution is -0.384. The summed E-state index contributed by atoms with van der Waals surface area (Å²) in [5, 5.41) is 10.6. The maximum absolute atomic E-state index is 11.1. The van der Waals surface area contributed by atoms with E-state index >= 15 is 0 Å². The second kappa shape index (κ2) is 5.64. The minimum absolute atomic E-state index is 0.119. The molecule has 1 rings (SSSR count). The van der Waals surface area contributed by atoms with Crippen LogP contribution < -0.4 is 10.5 Å². The van der Waals surface area contributed by atoms with E-state index in [0.29, 0.717) is 6.42 Å². The van der Waals surface area contributed by atoms with Gasteiger partial charge in [-0.2, -0.15) is 0 Å². The Labute approximate surface area is 97.8 Å². The van der Waals surface area contributed by atoms with E-state index in [9.17, 15) is 14.9 Å². The van der Waals surface area contributed by atoms with Crippen molar-refractivity contribution in [3.05, 3.63) is 46.5 Å². The SMILES string of the molecule is C=CCCOc1cc([N+](=O)[O-])ccc1C(N)=O. The maximum atomic E-state index is 11.1. The number of rotatable bonds is 6. The standard InChI is InChI=1S/C11H12N2O4/c1-2-3-6-17-10-7-8(13(15)16)4-5-9(10)11(12)14/h2,4-5,7H,1,3,6H2,(H2,12,14). The van der Waals surface area contributed by atoms with Gasteiger partial charge in [-0.05, 0) is 12.5 Å². The second-order valence-corrected chi connectivity index (χ2v) is 3.23. The van der Waals surface area contributed by atoms with Crippen molar-refractivity contribution < 1.29 is 14.5 Å². The number of nitrogens with zero attached hydrogens (tertiary/aromatic N) is 1. The molecule has 6 heteroatoms. The summed E-state index contributed by atoms with van der Waals surface area (Å²) in [4.78, 5) is 21.1. The van der Waals surface area contributed by atoms with E-state index < -0.39 is 10.8 Å². The van der Waals surface area contributed by atoms with Gasteiger partial charge in [0.15, 0.2) is 0 Å². The molecule has 0 aliphatic carbocycles. The highest BCUT2D eigenvalue weighted by Crippen LogP contribution is 2.24. The number of nitro benzene ring substituents is 1. The van der Waals surface area contributed by atoms with E-state index in [1.165, 1.54) is 18.2 Å². The van der Waals surface area contributed by atoms with Gasteiger partial charge < -0.3 is 10.5 Å². The van der Waals surface area contributed by atoms with Crippen molar-refractivity contribution in [1.82, 2.24) is 0 Å². The van der Waals surface area contributed by atoms with Crippen LogP contribution in [0.3, 0.4) is 0 Å². The largest absolute Gasteiger partial charge is 0.492 e. The molecule has 2 N–H and O–H groups in total. The summed E-state index contributed by atoms with van der Waals surface area (Å²) < 4.78 is 5.25. The molecule has 0 aliphatic rings. The van der Waals surface area contributed by atoms with Gasteiger partial charge >= 0.3 is 0 Å². The summed E-state index contributed by atoms with van der Waals surface area (Å²) in [7, 11) is 0. The minimum Gasteiger partial charge on any atom is -0.492 e. The molecule has 6 nitrogen and oxygen atoms in total. The first kappa shape index (κ1) is 12.7. The fourth-order valence-electron chi connectivity index (χ4n) is 1.20. The zero-order valence-corrected chi connectivity index (χ0v) is 9.09. The fourth-order valence-corrected chi connectivity index (χ4v) is 1.20. The van der Waals surface area contributed by atoms with Crippen molar-refractivity contribution in [3.8, 4) is 5.75 Å². The lowest BCUT2D eigenvalue weighted by Crippen LogP contribution is -2.13. The molecule has 0 saturated carbocycles. The summed E-state index contributed by atoms with van der Waals surface area (Å²) >= 11 is 0. The number of non-ortho nitro benzene ring substituents is 1. The number of hydrogen-bond acceptors (Lipinski definition) is 4. The van der Waals surface area contributed by atoms with Gasteiger partial charge in [0.05, 0.1) is 23.2 Å². The Balaban J connectivity index is 3.02. The third-order valence-electron chi connectivity index (χ3n) is 2.02. The van der Waals surface area contributed by atoms with Crippen LogP contribution in [-0.4, -0.2) is 17.4 Å². The summed E-state index contributed by atoms with van der Waals surface area (Å²) in [6.07, 6.45) is 2.21. The Kier molecular flexibility index (Phi) is 4.21. The molecule has 0 fully saturated rings. The Bertz CT molecular complexity index is 457. The number of nitrogens with two attached hydrogens (primary N) is 1. The van der Waals surface area contributed by atoms with Gasteiger partial charge in [-0.15, -0.1) is 6.58 Å². The zero-order valence-electron chi connectivity index (χ0n) is 9.09. The molecule has 0 bridgehead atoms. The average molecular weight is 236 g/mol. The molecule has 17 heavy (non-hydrogen) atoms. The van der Waals surface area contributed by atoms with Gasteiger partial charge in [0.1, 0.15) is 5.75 Å². The van der Waals surface area contributed by atoms with Gasteiger partial charge in [0.2, 0.25) is 0 Å². The molecule has 1 aromatic rings. The van der Waals surface area contributed by atoms with Gasteiger partial charge in [0.25, 0.3) is 11.6 Å². The quantitative estimate of drug-likeness (QED) is 0.351. The number of carbonyl (C=O) groups excluding carboxylic acids is 1. The van der Waals surface area contributed by atoms with Crippen molar-refractivity contribution in [3.63, 3.8) is 0 Å². The lowest BCUT2D eigenvalue weighted by atomic mass is 10.1. The maximum Gasteiger partial charge on any atom is 0.273 e. The number of amides is 1. The number of carbonyl (C=O) groups is 1. The molecule has 0 heterocycles. The third-order valence-corrected chi connectivity index (χ3v) is 2.02. The summed E-state index contributed by atoms with van der Waals surface area (Å²) in [5.74, 6) is -0.568. The van der Waals surface area contributed by atoms with Gasteiger partial charge in [-0.1, -0.05) is 6.08 Å². The number of nitro groups is 1. The van der Waals surface area contributed by atoms with E-state index in [1.54, 1.807) is 6.08 Å². The molecule has 0 aliphatic heterocycles. The van der Waals surface area contributed by atoms with Crippen molar-refractivity contribution >= 4 is 11.6 Å². The van der Waals surface area contributed by atoms with Crippen molar-refractivity contribution in [2.24, 2.45) is 5.73 Å². The van der Waals surface area contributed by atoms with Crippen LogP contribution in [0.25, 0.3) is 0 Å². The van der Waals surface area contributed by atoms with Crippen LogP contribution in [0.2, 0.25) is 0 Å². The molecule has 0 saturated heterocycles. The van der Waals surface area contributed by atoms with Crippen LogP contribution >= 0.6 is 0 Å². The molecule has 1 aromatic carbocycles. The summed E-state index contributed by atoms with van der Waals surface area (Å²) in [6.45, 7) is 3.80. The van der Waals surface area contributed by atoms with Gasteiger partial charge in [-0.3, -0.25) is 14.9 Å². The smallest absolute Gasteiger partial charge is 0.273 e. The molecular weight excluding hydrogens is 224 g/mol. The molecule has 0 radical (unpaired) electrons. The molecule has 0 aromatic heterocycles. The van der Waals surface area contributed by atoms with Crippen LogP contribution in [-0.2, 0) is 0 Å². The highest BCUT2D eigenvalue weighted by Gasteiger charge is 2.14. The topological polar surface area (TPSA) is 95.5 Å². The number of benzene rings is 1. The molecular formula is C11H12N2O4. The van der Waals surface area contributed by atoms with Crippen LogP contribution in [0.5, 0.6) is 5.75 Å². The summed E-state index contributed by atoms with van der Waals surface area (Å²) in [6, 6.07) is 3.67. The first-order chi connectivity index (χ1) is 8.06. The van der Waals surface area contributed by atoms with E-state index in [1.807, 2.05) is 0 Å². The summed E-state index contributed by atoms with van der Waals surface area (Å²) in [5.41, 5.74) is 5.11. The van der Waals surface area contributed by atoms with Crippen molar-refractivity contribution in [1.29, 1.82) is 0 Å². The first-order valence-electron chi connectivity index (χ1n) is 4.88. The molecule has 90 valence electrons. The van der Waals surface area contributed by atoms with Crippen LogP contribution in [0.1, 0.15) is 16.8 Å². The average Bonchev–Trinajstić information content (AvgIpc) is 2.28. The number of primary amides is 1. The Morgan fingerprint density at radius 1 is 1.59 bits per heavy atom. The van der Waals surface area contributed by atoms with E-state index in [0.717, 1.165) is 0 Å². The molecule has 0 unspecified atom stereocenters. The highest BCUT2D eigenvalue weighted by molar-refractivity contribution is 5.96. The fraction of sp³-hybridized carbons (Fsp3) is 0.182. The van der Waals surface area contributed by atoms with Crippen LogP contribution in [0.4, 0.5) is 5.69 Å². The zero-order chi connectivity index (χ0) is 12.8.